The third-order valence-electron chi connectivity index (χ3n) is 4.35. The van der Waals surface area contributed by atoms with Crippen LogP contribution in [0, 0.1) is 6.92 Å². The summed E-state index contributed by atoms with van der Waals surface area (Å²) >= 11 is 3.30. The van der Waals surface area contributed by atoms with Gasteiger partial charge < -0.3 is 19.3 Å². The number of phenols is 1. The van der Waals surface area contributed by atoms with Gasteiger partial charge in [0.05, 0.1) is 0 Å². The van der Waals surface area contributed by atoms with Gasteiger partial charge in [0.15, 0.2) is 5.58 Å². The summed E-state index contributed by atoms with van der Waals surface area (Å²) in [6, 6.07) is 9.04. The van der Waals surface area contributed by atoms with E-state index in [1.165, 1.54) is 6.07 Å². The van der Waals surface area contributed by atoms with Crippen LogP contribution in [0.5, 0.6) is 5.75 Å². The molecule has 8 heteroatoms. The van der Waals surface area contributed by atoms with Crippen molar-refractivity contribution in [2.24, 2.45) is 0 Å². The topological polar surface area (TPSA) is 82.7 Å². The van der Waals surface area contributed by atoms with E-state index in [2.05, 4.69) is 25.9 Å². The fraction of sp³-hybridized carbons (Fsp3) is 0.278. The lowest BCUT2D eigenvalue weighted by molar-refractivity contribution is 0.0744. The highest BCUT2D eigenvalue weighted by molar-refractivity contribution is 9.10. The number of aromatic hydroxyl groups is 1. The number of pyridine rings is 1. The van der Waals surface area contributed by atoms with Crippen molar-refractivity contribution in [3.05, 3.63) is 46.1 Å². The zero-order valence-corrected chi connectivity index (χ0v) is 15.7. The molecule has 1 fully saturated rings. The second-order valence-corrected chi connectivity index (χ2v) is 7.16. The number of nitrogens with zero attached hydrogens (tertiary/aromatic N) is 4. The van der Waals surface area contributed by atoms with Crippen LogP contribution in [-0.4, -0.2) is 52.1 Å². The van der Waals surface area contributed by atoms with Gasteiger partial charge in [-0.25, -0.2) is 4.98 Å². The van der Waals surface area contributed by atoms with E-state index in [0.29, 0.717) is 53.5 Å². The van der Waals surface area contributed by atoms with Crippen molar-refractivity contribution in [2.45, 2.75) is 6.92 Å². The number of fused-ring (bicyclic) bond motifs is 1. The van der Waals surface area contributed by atoms with E-state index in [1.54, 1.807) is 17.0 Å². The Kier molecular flexibility index (Phi) is 4.28. The van der Waals surface area contributed by atoms with Gasteiger partial charge in [-0.05, 0) is 37.3 Å². The minimum Gasteiger partial charge on any atom is -0.508 e. The minimum absolute atomic E-state index is 0.0654. The molecule has 3 aromatic rings. The maximum absolute atomic E-state index is 12.7. The number of piperazine rings is 1. The standard InChI is InChI=1S/C18H17BrN4O3/c1-11-2-3-15-16(20-11)21-18(26-15)23-6-4-22(5-7-23)17(25)12-8-13(19)10-14(24)9-12/h2-3,8-10,24H,4-7H2,1H3. The molecule has 0 atom stereocenters. The summed E-state index contributed by atoms with van der Waals surface area (Å²) in [6.45, 7) is 4.27. The van der Waals surface area contributed by atoms with E-state index in [9.17, 15) is 9.90 Å². The van der Waals surface area contributed by atoms with Gasteiger partial charge >= 0.3 is 0 Å². The Labute approximate surface area is 158 Å². The summed E-state index contributed by atoms with van der Waals surface area (Å²) in [6.07, 6.45) is 0. The van der Waals surface area contributed by atoms with Gasteiger partial charge in [0.25, 0.3) is 11.9 Å². The highest BCUT2D eigenvalue weighted by atomic mass is 79.9. The van der Waals surface area contributed by atoms with Crippen LogP contribution in [0.25, 0.3) is 11.2 Å². The van der Waals surface area contributed by atoms with E-state index in [1.807, 2.05) is 24.0 Å². The van der Waals surface area contributed by atoms with Crippen LogP contribution in [0.4, 0.5) is 6.01 Å². The highest BCUT2D eigenvalue weighted by Crippen LogP contribution is 2.24. The van der Waals surface area contributed by atoms with Crippen LogP contribution in [0.15, 0.2) is 39.2 Å². The number of benzene rings is 1. The van der Waals surface area contributed by atoms with Crippen molar-refractivity contribution in [3.63, 3.8) is 0 Å². The summed E-state index contributed by atoms with van der Waals surface area (Å²) < 4.78 is 6.46. The molecule has 0 unspecified atom stereocenters. The molecular weight excluding hydrogens is 400 g/mol. The van der Waals surface area contributed by atoms with Gasteiger partial charge in [0.2, 0.25) is 5.65 Å². The molecular formula is C18H17BrN4O3. The second-order valence-electron chi connectivity index (χ2n) is 6.25. The molecule has 1 aliphatic rings. The summed E-state index contributed by atoms with van der Waals surface area (Å²) in [5, 5.41) is 9.68. The van der Waals surface area contributed by atoms with E-state index in [-0.39, 0.29) is 11.7 Å². The molecule has 0 spiro atoms. The van der Waals surface area contributed by atoms with E-state index in [0.717, 1.165) is 5.69 Å². The predicted octanol–water partition coefficient (Wildman–Crippen LogP) is 2.96. The molecule has 1 amide bonds. The van der Waals surface area contributed by atoms with Crippen molar-refractivity contribution in [1.29, 1.82) is 0 Å². The van der Waals surface area contributed by atoms with E-state index >= 15 is 0 Å². The molecule has 0 bridgehead atoms. The summed E-state index contributed by atoms with van der Waals surface area (Å²) in [5.74, 6) is -0.0354. The van der Waals surface area contributed by atoms with Gasteiger partial charge in [-0.3, -0.25) is 4.79 Å². The molecule has 7 nitrogen and oxygen atoms in total. The molecule has 3 heterocycles. The molecule has 1 aromatic carbocycles. The lowest BCUT2D eigenvalue weighted by Gasteiger charge is -2.33. The number of oxazole rings is 1. The van der Waals surface area contributed by atoms with E-state index in [4.69, 9.17) is 4.42 Å². The number of rotatable bonds is 2. The van der Waals surface area contributed by atoms with Crippen LogP contribution in [0.2, 0.25) is 0 Å². The number of hydrogen-bond acceptors (Lipinski definition) is 6. The fourth-order valence-electron chi connectivity index (χ4n) is 3.02. The number of carbonyl (C=O) groups excluding carboxylic acids is 1. The minimum atomic E-state index is -0.101. The lowest BCUT2D eigenvalue weighted by Crippen LogP contribution is -2.48. The molecule has 0 radical (unpaired) electrons. The normalized spacial score (nSPS) is 14.8. The number of halogens is 1. The first kappa shape index (κ1) is 16.8. The van der Waals surface area contributed by atoms with Crippen molar-refractivity contribution < 1.29 is 14.3 Å². The Morgan fingerprint density at radius 2 is 1.92 bits per heavy atom. The van der Waals surface area contributed by atoms with Crippen LogP contribution in [0.1, 0.15) is 16.1 Å². The Hall–Kier alpha value is -2.61. The van der Waals surface area contributed by atoms with Crippen molar-refractivity contribution in [3.8, 4) is 5.75 Å². The zero-order chi connectivity index (χ0) is 18.3. The number of hydrogen-bond donors (Lipinski definition) is 1. The number of aryl methyl sites for hydroxylation is 1. The average Bonchev–Trinajstić information content (AvgIpc) is 3.03. The largest absolute Gasteiger partial charge is 0.508 e. The first-order chi connectivity index (χ1) is 12.5. The summed E-state index contributed by atoms with van der Waals surface area (Å²) in [5.41, 5.74) is 2.62. The number of carbonyl (C=O) groups is 1. The molecule has 2 aromatic heterocycles. The fourth-order valence-corrected chi connectivity index (χ4v) is 3.50. The number of aromatic nitrogens is 2. The maximum atomic E-state index is 12.7. The van der Waals surface area contributed by atoms with Crippen molar-refractivity contribution in [2.75, 3.05) is 31.1 Å². The van der Waals surface area contributed by atoms with Gasteiger partial charge in [0, 0.05) is 41.9 Å². The molecule has 1 aliphatic heterocycles. The zero-order valence-electron chi connectivity index (χ0n) is 14.1. The quantitative estimate of drug-likeness (QED) is 0.691. The van der Waals surface area contributed by atoms with Gasteiger partial charge in [-0.1, -0.05) is 15.9 Å². The first-order valence-corrected chi connectivity index (χ1v) is 9.07. The third-order valence-corrected chi connectivity index (χ3v) is 4.81. The first-order valence-electron chi connectivity index (χ1n) is 8.27. The van der Waals surface area contributed by atoms with Crippen LogP contribution < -0.4 is 4.90 Å². The SMILES string of the molecule is Cc1ccc2oc(N3CCN(C(=O)c4cc(O)cc(Br)c4)CC3)nc2n1. The molecule has 4 rings (SSSR count). The van der Waals surface area contributed by atoms with Gasteiger partial charge in [-0.15, -0.1) is 0 Å². The predicted molar refractivity (Wildman–Crippen MR) is 100 cm³/mol. The van der Waals surface area contributed by atoms with E-state index < -0.39 is 0 Å². The van der Waals surface area contributed by atoms with Crippen LogP contribution >= 0.6 is 15.9 Å². The maximum Gasteiger partial charge on any atom is 0.300 e. The number of amides is 1. The molecule has 1 N–H and O–H groups in total. The Bertz CT molecular complexity index is 959. The molecule has 26 heavy (non-hydrogen) atoms. The van der Waals surface area contributed by atoms with Crippen molar-refractivity contribution in [1.82, 2.24) is 14.9 Å². The summed E-state index contributed by atoms with van der Waals surface area (Å²) in [4.78, 5) is 25.3. The summed E-state index contributed by atoms with van der Waals surface area (Å²) in [7, 11) is 0. The molecule has 0 saturated carbocycles. The van der Waals surface area contributed by atoms with Crippen LogP contribution in [0.3, 0.4) is 0 Å². The molecule has 0 aliphatic carbocycles. The lowest BCUT2D eigenvalue weighted by atomic mass is 10.1. The second kappa shape index (κ2) is 6.60. The Morgan fingerprint density at radius 1 is 1.15 bits per heavy atom. The molecule has 1 saturated heterocycles. The van der Waals surface area contributed by atoms with Gasteiger partial charge in [-0.2, -0.15) is 4.98 Å². The Morgan fingerprint density at radius 3 is 2.65 bits per heavy atom. The van der Waals surface area contributed by atoms with Crippen LogP contribution in [-0.2, 0) is 0 Å². The molecule has 134 valence electrons. The monoisotopic (exact) mass is 416 g/mol. The van der Waals surface area contributed by atoms with Gasteiger partial charge in [0.1, 0.15) is 5.75 Å². The Balaban J connectivity index is 1.47. The third kappa shape index (κ3) is 3.24. The smallest absolute Gasteiger partial charge is 0.300 e. The number of phenolic OH excluding ortho intramolecular Hbond substituents is 1. The average molecular weight is 417 g/mol. The number of anilines is 1. The highest BCUT2D eigenvalue weighted by Gasteiger charge is 2.25. The van der Waals surface area contributed by atoms with Crippen molar-refractivity contribution >= 4 is 39.1 Å².